The van der Waals surface area contributed by atoms with Gasteiger partial charge in [0, 0.05) is 12.4 Å². The molecule has 1 rings (SSSR count). The van der Waals surface area contributed by atoms with Gasteiger partial charge >= 0.3 is 0 Å². The van der Waals surface area contributed by atoms with Crippen molar-refractivity contribution in [1.29, 1.82) is 0 Å². The lowest BCUT2D eigenvalue weighted by Gasteiger charge is -2.11. The van der Waals surface area contributed by atoms with Gasteiger partial charge in [0.25, 0.3) is 0 Å². The van der Waals surface area contributed by atoms with Crippen molar-refractivity contribution in [2.75, 3.05) is 13.3 Å². The lowest BCUT2D eigenvalue weighted by atomic mass is 10.0. The summed E-state index contributed by atoms with van der Waals surface area (Å²) in [4.78, 5) is 3.98. The Kier molecular flexibility index (Phi) is 3.86. The van der Waals surface area contributed by atoms with Crippen molar-refractivity contribution in [1.82, 2.24) is 5.32 Å². The molecular weight excluding hydrogens is 140 g/mol. The number of aliphatic hydroxyl groups is 1. The van der Waals surface area contributed by atoms with Crippen LogP contribution in [0.3, 0.4) is 0 Å². The Labute approximate surface area is 66.8 Å². The molecule has 2 N–H and O–H groups in total. The summed E-state index contributed by atoms with van der Waals surface area (Å²) in [6.45, 7) is 0.948. The highest BCUT2D eigenvalue weighted by atomic mass is 16.3. The van der Waals surface area contributed by atoms with Crippen molar-refractivity contribution in [3.8, 4) is 0 Å². The Morgan fingerprint density at radius 2 is 2.55 bits per heavy atom. The molecule has 0 fully saturated rings. The van der Waals surface area contributed by atoms with E-state index in [1.807, 2.05) is 12.4 Å². The zero-order valence-corrected chi connectivity index (χ0v) is 6.53. The third kappa shape index (κ3) is 3.30. The summed E-state index contributed by atoms with van der Waals surface area (Å²) in [6.07, 6.45) is 7.99. The van der Waals surface area contributed by atoms with Gasteiger partial charge in [0.15, 0.2) is 0 Å². The van der Waals surface area contributed by atoms with Crippen LogP contribution >= 0.6 is 0 Å². The third-order valence-electron chi connectivity index (χ3n) is 1.76. The van der Waals surface area contributed by atoms with Crippen molar-refractivity contribution < 1.29 is 5.11 Å². The number of nitrogens with zero attached hydrogens (tertiary/aromatic N) is 1. The second kappa shape index (κ2) is 5.04. The molecule has 3 heteroatoms. The van der Waals surface area contributed by atoms with Gasteiger partial charge in [0.1, 0.15) is 0 Å². The average Bonchev–Trinajstić information content (AvgIpc) is 2.07. The molecule has 0 aromatic rings. The van der Waals surface area contributed by atoms with E-state index >= 15 is 0 Å². The largest absolute Gasteiger partial charge is 0.381 e. The molecule has 0 aromatic carbocycles. The van der Waals surface area contributed by atoms with E-state index in [9.17, 15) is 0 Å². The minimum Gasteiger partial charge on any atom is -0.381 e. The first-order valence-corrected chi connectivity index (χ1v) is 3.93. The zero-order valence-electron chi connectivity index (χ0n) is 6.53. The van der Waals surface area contributed by atoms with E-state index < -0.39 is 0 Å². The van der Waals surface area contributed by atoms with E-state index in [0.29, 0.717) is 5.92 Å². The Morgan fingerprint density at radius 3 is 3.18 bits per heavy atom. The van der Waals surface area contributed by atoms with Crippen molar-refractivity contribution in [2.24, 2.45) is 10.9 Å². The predicted octanol–water partition coefficient (Wildman–Crippen LogP) is 0.520. The molecule has 0 spiro atoms. The molecule has 0 amide bonds. The highest BCUT2D eigenvalue weighted by Crippen LogP contribution is 2.11. The van der Waals surface area contributed by atoms with Gasteiger partial charge in [0.2, 0.25) is 0 Å². The molecule has 0 bridgehead atoms. The number of allylic oxidation sites excluding steroid dienone is 1. The number of rotatable bonds is 4. The Hall–Kier alpha value is -0.670. The van der Waals surface area contributed by atoms with Crippen LogP contribution in [0.1, 0.15) is 12.8 Å². The second-order valence-corrected chi connectivity index (χ2v) is 2.62. The topological polar surface area (TPSA) is 44.6 Å². The molecule has 1 unspecified atom stereocenters. The van der Waals surface area contributed by atoms with Crippen LogP contribution in [0.2, 0.25) is 0 Å². The average molecular weight is 154 g/mol. The van der Waals surface area contributed by atoms with Crippen LogP contribution in [-0.4, -0.2) is 24.6 Å². The second-order valence-electron chi connectivity index (χ2n) is 2.62. The maximum Gasteiger partial charge on any atom is 0.0931 e. The Bertz CT molecular complexity index is 154. The maximum atomic E-state index is 8.44. The van der Waals surface area contributed by atoms with Gasteiger partial charge in [-0.1, -0.05) is 6.08 Å². The quantitative estimate of drug-likeness (QED) is 0.458. The van der Waals surface area contributed by atoms with Crippen molar-refractivity contribution >= 4 is 6.21 Å². The van der Waals surface area contributed by atoms with Gasteiger partial charge < -0.3 is 5.11 Å². The zero-order chi connectivity index (χ0) is 7.94. The molecule has 1 aliphatic heterocycles. The predicted molar refractivity (Wildman–Crippen MR) is 45.4 cm³/mol. The van der Waals surface area contributed by atoms with Crippen LogP contribution in [0, 0.1) is 5.92 Å². The number of hydrogen-bond donors (Lipinski definition) is 2. The van der Waals surface area contributed by atoms with E-state index in [2.05, 4.69) is 16.4 Å². The van der Waals surface area contributed by atoms with Crippen molar-refractivity contribution in [3.63, 3.8) is 0 Å². The molecule has 1 aliphatic rings. The van der Waals surface area contributed by atoms with Crippen LogP contribution in [0.4, 0.5) is 0 Å². The molecule has 0 aliphatic carbocycles. The number of aliphatic imine (C=N–C) groups is 1. The van der Waals surface area contributed by atoms with Crippen LogP contribution in [0.5, 0.6) is 0 Å². The fraction of sp³-hybridized carbons (Fsp3) is 0.625. The van der Waals surface area contributed by atoms with E-state index in [0.717, 1.165) is 19.4 Å². The summed E-state index contributed by atoms with van der Waals surface area (Å²) in [7, 11) is 0. The molecule has 0 radical (unpaired) electrons. The van der Waals surface area contributed by atoms with E-state index in [-0.39, 0.29) is 6.73 Å². The molecule has 0 aromatic heterocycles. The minimum absolute atomic E-state index is 0.0739. The lowest BCUT2D eigenvalue weighted by molar-refractivity contribution is 0.258. The summed E-state index contributed by atoms with van der Waals surface area (Å²) in [5.41, 5.74) is 0. The van der Waals surface area contributed by atoms with Gasteiger partial charge in [-0.25, -0.2) is 0 Å². The molecule has 62 valence electrons. The highest BCUT2D eigenvalue weighted by Gasteiger charge is 2.04. The molecule has 1 atom stereocenters. The van der Waals surface area contributed by atoms with Crippen LogP contribution in [0.15, 0.2) is 17.3 Å². The van der Waals surface area contributed by atoms with Gasteiger partial charge in [-0.2, -0.15) is 0 Å². The number of nitrogens with one attached hydrogen (secondary N) is 1. The normalized spacial score (nSPS) is 22.5. The molecular formula is C8H14N2O. The smallest absolute Gasteiger partial charge is 0.0931 e. The summed E-state index contributed by atoms with van der Waals surface area (Å²) in [6, 6.07) is 0. The summed E-state index contributed by atoms with van der Waals surface area (Å²) < 4.78 is 0. The molecule has 0 saturated carbocycles. The third-order valence-corrected chi connectivity index (χ3v) is 1.76. The molecule has 1 heterocycles. The Balaban J connectivity index is 2.07. The van der Waals surface area contributed by atoms with Gasteiger partial charge in [-0.3, -0.25) is 10.3 Å². The Morgan fingerprint density at radius 1 is 1.64 bits per heavy atom. The van der Waals surface area contributed by atoms with Gasteiger partial charge in [-0.15, -0.1) is 0 Å². The van der Waals surface area contributed by atoms with Crippen LogP contribution in [0.25, 0.3) is 0 Å². The first-order chi connectivity index (χ1) is 5.43. The molecule has 3 nitrogen and oxygen atoms in total. The fourth-order valence-electron chi connectivity index (χ4n) is 1.09. The summed E-state index contributed by atoms with van der Waals surface area (Å²) >= 11 is 0. The van der Waals surface area contributed by atoms with E-state index in [1.54, 1.807) is 0 Å². The summed E-state index contributed by atoms with van der Waals surface area (Å²) in [5.74, 6) is 0.603. The van der Waals surface area contributed by atoms with Crippen molar-refractivity contribution in [3.05, 3.63) is 12.3 Å². The highest BCUT2D eigenvalue weighted by molar-refractivity contribution is 5.60. The van der Waals surface area contributed by atoms with Crippen LogP contribution in [-0.2, 0) is 0 Å². The van der Waals surface area contributed by atoms with Gasteiger partial charge in [-0.05, 0) is 25.3 Å². The van der Waals surface area contributed by atoms with Crippen molar-refractivity contribution in [2.45, 2.75) is 12.8 Å². The number of aliphatic hydroxyl groups excluding tert-OH is 1. The fourth-order valence-corrected chi connectivity index (χ4v) is 1.09. The van der Waals surface area contributed by atoms with Crippen LogP contribution < -0.4 is 5.32 Å². The first-order valence-electron chi connectivity index (χ1n) is 3.93. The van der Waals surface area contributed by atoms with Gasteiger partial charge in [0.05, 0.1) is 6.73 Å². The summed E-state index contributed by atoms with van der Waals surface area (Å²) in [5, 5.41) is 11.3. The lowest BCUT2D eigenvalue weighted by Crippen LogP contribution is -2.18. The SMILES string of the molecule is OCNCCC1C=CN=CC1. The molecule has 11 heavy (non-hydrogen) atoms. The number of hydrogen-bond acceptors (Lipinski definition) is 3. The maximum absolute atomic E-state index is 8.44. The van der Waals surface area contributed by atoms with E-state index in [1.165, 1.54) is 0 Å². The monoisotopic (exact) mass is 154 g/mol. The molecule has 0 saturated heterocycles. The first kappa shape index (κ1) is 8.43. The van der Waals surface area contributed by atoms with E-state index in [4.69, 9.17) is 5.11 Å². The minimum atomic E-state index is 0.0739. The standard InChI is InChI=1S/C8H14N2O/c11-7-10-6-3-8-1-4-9-5-2-8/h1,4-5,8,10-11H,2-3,6-7H2.